The minimum Gasteiger partial charge on any atom is -0.370 e. The summed E-state index contributed by atoms with van der Waals surface area (Å²) in [6.07, 6.45) is 0. The van der Waals surface area contributed by atoms with Crippen molar-refractivity contribution in [2.45, 2.75) is 0 Å². The van der Waals surface area contributed by atoms with Crippen LogP contribution in [-0.4, -0.2) is 15.5 Å². The van der Waals surface area contributed by atoms with Gasteiger partial charge in [0.1, 0.15) is 5.02 Å². The van der Waals surface area contributed by atoms with Crippen molar-refractivity contribution in [1.82, 2.24) is 9.55 Å². The highest BCUT2D eigenvalue weighted by molar-refractivity contribution is 6.32. The molecule has 0 aromatic carbocycles. The molecule has 0 bridgehead atoms. The minimum atomic E-state index is -0.727. The van der Waals surface area contributed by atoms with Crippen LogP contribution in [0.4, 0.5) is 5.82 Å². The number of H-pyrrole nitrogens is 1. The minimum absolute atomic E-state index is 0.0691. The largest absolute Gasteiger partial charge is 0.370 e. The first kappa shape index (κ1) is 10.3. The molecule has 8 heteroatoms. The van der Waals surface area contributed by atoms with Gasteiger partial charge < -0.3 is 11.5 Å². The number of rotatable bonds is 1. The molecular weight excluding hydrogens is 210 g/mol. The lowest BCUT2D eigenvalue weighted by Gasteiger charge is -2.03. The van der Waals surface area contributed by atoms with Crippen LogP contribution in [0.3, 0.4) is 0 Å². The standard InChI is InChI=1S/C6H8ClN5O2/c1-12-3(10-5(8)9)2(7)4(13)11-6(12)14/h1H3,(H4,8,9,10)(H,11,13,14). The van der Waals surface area contributed by atoms with E-state index in [9.17, 15) is 9.59 Å². The second-order valence-corrected chi connectivity index (χ2v) is 2.87. The van der Waals surface area contributed by atoms with Gasteiger partial charge in [-0.05, 0) is 0 Å². The molecule has 0 spiro atoms. The molecule has 0 aliphatic rings. The van der Waals surface area contributed by atoms with Crippen LogP contribution in [0, 0.1) is 0 Å². The van der Waals surface area contributed by atoms with Crippen molar-refractivity contribution in [1.29, 1.82) is 0 Å². The van der Waals surface area contributed by atoms with Gasteiger partial charge in [0.05, 0.1) is 0 Å². The predicted octanol–water partition coefficient (Wildman–Crippen LogP) is -1.37. The average molecular weight is 218 g/mol. The SMILES string of the molecule is Cn1c(N=C(N)N)c(Cl)c(=O)[nH]c1=O. The molecule has 1 aromatic heterocycles. The summed E-state index contributed by atoms with van der Waals surface area (Å²) in [7, 11) is 1.38. The topological polar surface area (TPSA) is 119 Å². The van der Waals surface area contributed by atoms with E-state index < -0.39 is 11.2 Å². The highest BCUT2D eigenvalue weighted by atomic mass is 35.5. The Bertz CT molecular complexity index is 462. The van der Waals surface area contributed by atoms with Gasteiger partial charge in [0.25, 0.3) is 5.56 Å². The molecule has 0 fully saturated rings. The van der Waals surface area contributed by atoms with Gasteiger partial charge in [0.15, 0.2) is 11.8 Å². The Labute approximate surface area is 83.0 Å². The zero-order chi connectivity index (χ0) is 10.9. The van der Waals surface area contributed by atoms with Crippen molar-refractivity contribution >= 4 is 23.4 Å². The second-order valence-electron chi connectivity index (χ2n) is 2.49. The molecule has 0 atom stereocenters. The van der Waals surface area contributed by atoms with Crippen LogP contribution in [-0.2, 0) is 7.05 Å². The van der Waals surface area contributed by atoms with E-state index in [0.717, 1.165) is 4.57 Å². The fraction of sp³-hybridized carbons (Fsp3) is 0.167. The molecule has 0 unspecified atom stereocenters. The molecule has 0 saturated heterocycles. The van der Waals surface area contributed by atoms with Gasteiger partial charge in [-0.25, -0.2) is 4.79 Å². The quantitative estimate of drug-likeness (QED) is 0.397. The van der Waals surface area contributed by atoms with Crippen molar-refractivity contribution in [3.05, 3.63) is 25.9 Å². The van der Waals surface area contributed by atoms with Gasteiger partial charge in [-0.2, -0.15) is 4.99 Å². The lowest BCUT2D eigenvalue weighted by Crippen LogP contribution is -2.30. The normalized spacial score (nSPS) is 9.86. The van der Waals surface area contributed by atoms with Crippen molar-refractivity contribution in [2.24, 2.45) is 23.5 Å². The first-order valence-corrected chi connectivity index (χ1v) is 3.89. The second kappa shape index (κ2) is 3.54. The molecule has 0 aliphatic carbocycles. The van der Waals surface area contributed by atoms with Crippen LogP contribution in [0.5, 0.6) is 0 Å². The van der Waals surface area contributed by atoms with Crippen LogP contribution < -0.4 is 22.7 Å². The zero-order valence-corrected chi connectivity index (χ0v) is 8.00. The lowest BCUT2D eigenvalue weighted by atomic mass is 10.5. The van der Waals surface area contributed by atoms with E-state index in [1.807, 2.05) is 4.98 Å². The lowest BCUT2D eigenvalue weighted by molar-refractivity contribution is 0.802. The Morgan fingerprint density at radius 2 is 2.07 bits per heavy atom. The number of guanidine groups is 1. The third kappa shape index (κ3) is 1.77. The number of nitrogens with two attached hydrogens (primary N) is 2. The maximum atomic E-state index is 11.1. The van der Waals surface area contributed by atoms with E-state index in [1.165, 1.54) is 7.05 Å². The number of halogens is 1. The van der Waals surface area contributed by atoms with E-state index >= 15 is 0 Å². The summed E-state index contributed by atoms with van der Waals surface area (Å²) in [6.45, 7) is 0. The summed E-state index contributed by atoms with van der Waals surface area (Å²) in [6, 6.07) is 0. The number of nitrogens with zero attached hydrogens (tertiary/aromatic N) is 2. The van der Waals surface area contributed by atoms with Crippen LogP contribution in [0.1, 0.15) is 0 Å². The van der Waals surface area contributed by atoms with Crippen LogP contribution >= 0.6 is 11.6 Å². The van der Waals surface area contributed by atoms with E-state index in [2.05, 4.69) is 4.99 Å². The van der Waals surface area contributed by atoms with Gasteiger partial charge in [-0.1, -0.05) is 11.6 Å². The Morgan fingerprint density at radius 1 is 1.50 bits per heavy atom. The van der Waals surface area contributed by atoms with Crippen molar-refractivity contribution in [3.63, 3.8) is 0 Å². The maximum absolute atomic E-state index is 11.1. The number of hydrogen-bond donors (Lipinski definition) is 3. The Hall–Kier alpha value is -1.76. The molecule has 14 heavy (non-hydrogen) atoms. The summed E-state index contributed by atoms with van der Waals surface area (Å²) in [5.41, 5.74) is 8.84. The maximum Gasteiger partial charge on any atom is 0.329 e. The molecule has 1 aromatic rings. The smallest absolute Gasteiger partial charge is 0.329 e. The molecular formula is C6H8ClN5O2. The molecule has 0 amide bonds. The van der Waals surface area contributed by atoms with E-state index in [4.69, 9.17) is 23.1 Å². The molecule has 7 nitrogen and oxygen atoms in total. The molecule has 76 valence electrons. The summed E-state index contributed by atoms with van der Waals surface area (Å²) < 4.78 is 1.03. The first-order valence-electron chi connectivity index (χ1n) is 3.52. The Balaban J connectivity index is 3.64. The van der Waals surface area contributed by atoms with Crippen LogP contribution in [0.2, 0.25) is 5.02 Å². The molecule has 0 aliphatic heterocycles. The van der Waals surface area contributed by atoms with Crippen molar-refractivity contribution in [2.75, 3.05) is 0 Å². The highest BCUT2D eigenvalue weighted by Gasteiger charge is 2.09. The third-order valence-corrected chi connectivity index (χ3v) is 1.81. The van der Waals surface area contributed by atoms with Crippen LogP contribution in [0.25, 0.3) is 0 Å². The molecule has 1 heterocycles. The van der Waals surface area contributed by atoms with E-state index in [1.54, 1.807) is 0 Å². The number of hydrogen-bond acceptors (Lipinski definition) is 3. The van der Waals surface area contributed by atoms with Gasteiger partial charge in [0.2, 0.25) is 0 Å². The fourth-order valence-corrected chi connectivity index (χ4v) is 1.04. The number of nitrogens with one attached hydrogen (secondary N) is 1. The predicted molar refractivity (Wildman–Crippen MR) is 52.8 cm³/mol. The Morgan fingerprint density at radius 3 is 2.57 bits per heavy atom. The summed E-state index contributed by atoms with van der Waals surface area (Å²) in [4.78, 5) is 27.7. The average Bonchev–Trinajstić information content (AvgIpc) is 2.09. The summed E-state index contributed by atoms with van der Waals surface area (Å²) in [5, 5.41) is -0.236. The van der Waals surface area contributed by atoms with E-state index in [-0.39, 0.29) is 16.8 Å². The Kier molecular flexibility index (Phi) is 2.61. The third-order valence-electron chi connectivity index (χ3n) is 1.47. The van der Waals surface area contributed by atoms with Crippen molar-refractivity contribution < 1.29 is 0 Å². The molecule has 1 rings (SSSR count). The van der Waals surface area contributed by atoms with Gasteiger partial charge in [-0.15, -0.1) is 0 Å². The van der Waals surface area contributed by atoms with Gasteiger partial charge >= 0.3 is 5.69 Å². The van der Waals surface area contributed by atoms with Crippen LogP contribution in [0.15, 0.2) is 14.6 Å². The van der Waals surface area contributed by atoms with Gasteiger partial charge in [0, 0.05) is 7.05 Å². The van der Waals surface area contributed by atoms with Crippen molar-refractivity contribution in [3.8, 4) is 0 Å². The highest BCUT2D eigenvalue weighted by Crippen LogP contribution is 2.16. The molecule has 0 radical (unpaired) electrons. The van der Waals surface area contributed by atoms with Gasteiger partial charge in [-0.3, -0.25) is 14.3 Å². The first-order chi connectivity index (χ1) is 6.43. The molecule has 5 N–H and O–H groups in total. The number of aliphatic imine (C=N–C) groups is 1. The molecule has 0 saturated carbocycles. The monoisotopic (exact) mass is 217 g/mol. The fourth-order valence-electron chi connectivity index (χ4n) is 0.827. The summed E-state index contributed by atoms with van der Waals surface area (Å²) >= 11 is 5.59. The number of aromatic amines is 1. The van der Waals surface area contributed by atoms with E-state index in [0.29, 0.717) is 0 Å². The zero-order valence-electron chi connectivity index (χ0n) is 7.24. The number of aromatic nitrogens is 2. The summed E-state index contributed by atoms with van der Waals surface area (Å²) in [5.74, 6) is -0.354.